The molecule has 6 nitrogen and oxygen atoms in total. The summed E-state index contributed by atoms with van der Waals surface area (Å²) in [5.74, 6) is 0.0671. The molecule has 0 aliphatic heterocycles. The summed E-state index contributed by atoms with van der Waals surface area (Å²) in [5.41, 5.74) is 0. The number of hydrogen-bond donors (Lipinski definition) is 1. The SMILES string of the molecule is O=C(O)CCc1nnc(-c2ccc(Br)o2)o1. The van der Waals surface area contributed by atoms with Crippen molar-refractivity contribution in [2.75, 3.05) is 0 Å². The molecule has 0 saturated heterocycles. The van der Waals surface area contributed by atoms with Gasteiger partial charge in [-0.2, -0.15) is 0 Å². The number of rotatable bonds is 4. The molecule has 0 aliphatic rings. The first-order valence-electron chi connectivity index (χ1n) is 4.45. The van der Waals surface area contributed by atoms with E-state index in [1.165, 1.54) is 0 Å². The van der Waals surface area contributed by atoms with Crippen LogP contribution in [0, 0.1) is 0 Å². The van der Waals surface area contributed by atoms with E-state index in [4.69, 9.17) is 13.9 Å². The van der Waals surface area contributed by atoms with Gasteiger partial charge >= 0.3 is 5.97 Å². The fourth-order valence-corrected chi connectivity index (χ4v) is 1.40. The van der Waals surface area contributed by atoms with Gasteiger partial charge in [-0.3, -0.25) is 4.79 Å². The Morgan fingerprint density at radius 2 is 2.19 bits per heavy atom. The highest BCUT2D eigenvalue weighted by Crippen LogP contribution is 2.23. The van der Waals surface area contributed by atoms with Gasteiger partial charge in [-0.25, -0.2) is 0 Å². The Labute approximate surface area is 98.4 Å². The smallest absolute Gasteiger partial charge is 0.303 e. The zero-order valence-electron chi connectivity index (χ0n) is 8.01. The largest absolute Gasteiger partial charge is 0.481 e. The standard InChI is InChI=1S/C9H7BrN2O4/c10-6-2-1-5(15-6)9-12-11-7(16-9)3-4-8(13)14/h1-2H,3-4H2,(H,13,14). The van der Waals surface area contributed by atoms with Crippen LogP contribution in [0.5, 0.6) is 0 Å². The predicted molar refractivity (Wildman–Crippen MR) is 55.7 cm³/mol. The number of carboxylic acid groups (broad SMARTS) is 1. The number of carboxylic acids is 1. The number of aromatic nitrogens is 2. The highest BCUT2D eigenvalue weighted by molar-refractivity contribution is 9.10. The molecular formula is C9H7BrN2O4. The number of halogens is 1. The van der Waals surface area contributed by atoms with Gasteiger partial charge in [-0.1, -0.05) is 0 Å². The fourth-order valence-electron chi connectivity index (χ4n) is 1.10. The maximum Gasteiger partial charge on any atom is 0.303 e. The van der Waals surface area contributed by atoms with Crippen molar-refractivity contribution in [3.05, 3.63) is 22.7 Å². The summed E-state index contributed by atoms with van der Waals surface area (Å²) in [5, 5.41) is 16.0. The first kappa shape index (κ1) is 10.9. The van der Waals surface area contributed by atoms with Gasteiger partial charge in [0.25, 0.3) is 5.89 Å². The molecule has 84 valence electrons. The Hall–Kier alpha value is -1.63. The van der Waals surface area contributed by atoms with E-state index in [2.05, 4.69) is 26.1 Å². The van der Waals surface area contributed by atoms with E-state index < -0.39 is 5.97 Å². The van der Waals surface area contributed by atoms with E-state index in [1.807, 2.05) is 0 Å². The minimum Gasteiger partial charge on any atom is -0.481 e. The molecule has 1 N–H and O–H groups in total. The summed E-state index contributed by atoms with van der Waals surface area (Å²) in [4.78, 5) is 10.3. The molecule has 0 amide bonds. The Balaban J connectivity index is 2.10. The normalized spacial score (nSPS) is 10.6. The van der Waals surface area contributed by atoms with Crippen LogP contribution in [0.1, 0.15) is 12.3 Å². The van der Waals surface area contributed by atoms with Gasteiger partial charge < -0.3 is 13.9 Å². The van der Waals surface area contributed by atoms with Gasteiger partial charge in [0.1, 0.15) is 0 Å². The monoisotopic (exact) mass is 286 g/mol. The van der Waals surface area contributed by atoms with E-state index in [-0.39, 0.29) is 24.6 Å². The summed E-state index contributed by atoms with van der Waals surface area (Å²) in [7, 11) is 0. The summed E-state index contributed by atoms with van der Waals surface area (Å²) in [6.45, 7) is 0. The van der Waals surface area contributed by atoms with Crippen LogP contribution in [-0.2, 0) is 11.2 Å². The summed E-state index contributed by atoms with van der Waals surface area (Å²) >= 11 is 3.15. The minimum atomic E-state index is -0.902. The molecule has 0 bridgehead atoms. The molecule has 2 aromatic heterocycles. The molecule has 2 heterocycles. The average Bonchev–Trinajstić information content (AvgIpc) is 2.83. The van der Waals surface area contributed by atoms with E-state index in [0.29, 0.717) is 10.4 Å². The van der Waals surface area contributed by atoms with Crippen LogP contribution in [0.25, 0.3) is 11.7 Å². The third-order valence-electron chi connectivity index (χ3n) is 1.80. The molecule has 0 unspecified atom stereocenters. The van der Waals surface area contributed by atoms with Crippen molar-refractivity contribution in [2.24, 2.45) is 0 Å². The molecule has 2 aromatic rings. The van der Waals surface area contributed by atoms with Gasteiger partial charge in [0.15, 0.2) is 10.4 Å². The van der Waals surface area contributed by atoms with Crippen LogP contribution >= 0.6 is 15.9 Å². The molecule has 0 saturated carbocycles. The van der Waals surface area contributed by atoms with E-state index in [9.17, 15) is 4.79 Å². The lowest BCUT2D eigenvalue weighted by Crippen LogP contribution is -1.97. The quantitative estimate of drug-likeness (QED) is 0.926. The van der Waals surface area contributed by atoms with Crippen LogP contribution in [0.15, 0.2) is 25.6 Å². The number of aryl methyl sites for hydroxylation is 1. The number of hydrogen-bond acceptors (Lipinski definition) is 5. The lowest BCUT2D eigenvalue weighted by molar-refractivity contribution is -0.137. The first-order valence-corrected chi connectivity index (χ1v) is 5.24. The van der Waals surface area contributed by atoms with Crippen molar-refractivity contribution in [1.29, 1.82) is 0 Å². The Morgan fingerprint density at radius 1 is 1.38 bits per heavy atom. The molecule has 0 aromatic carbocycles. The highest BCUT2D eigenvalue weighted by Gasteiger charge is 2.12. The van der Waals surface area contributed by atoms with Gasteiger partial charge in [0.05, 0.1) is 6.42 Å². The van der Waals surface area contributed by atoms with E-state index in [0.717, 1.165) is 0 Å². The van der Waals surface area contributed by atoms with E-state index >= 15 is 0 Å². The minimum absolute atomic E-state index is 0.0382. The van der Waals surface area contributed by atoms with Crippen LogP contribution in [0.2, 0.25) is 0 Å². The van der Waals surface area contributed by atoms with Crippen LogP contribution < -0.4 is 0 Å². The van der Waals surface area contributed by atoms with Gasteiger partial charge in [-0.15, -0.1) is 10.2 Å². The van der Waals surface area contributed by atoms with Crippen molar-refractivity contribution in [2.45, 2.75) is 12.8 Å². The van der Waals surface area contributed by atoms with Gasteiger partial charge in [0.2, 0.25) is 5.89 Å². The zero-order chi connectivity index (χ0) is 11.5. The number of carbonyl (C=O) groups is 1. The molecular weight excluding hydrogens is 280 g/mol. The second-order valence-electron chi connectivity index (χ2n) is 3.00. The number of furan rings is 1. The van der Waals surface area contributed by atoms with Crippen molar-refractivity contribution in [3.63, 3.8) is 0 Å². The number of aliphatic carboxylic acids is 1. The summed E-state index contributed by atoms with van der Waals surface area (Å²) in [6, 6.07) is 3.38. The highest BCUT2D eigenvalue weighted by atomic mass is 79.9. The molecule has 7 heteroatoms. The molecule has 16 heavy (non-hydrogen) atoms. The Bertz CT molecular complexity index is 505. The predicted octanol–water partition coefficient (Wildman–Crippen LogP) is 2.11. The first-order chi connectivity index (χ1) is 7.65. The van der Waals surface area contributed by atoms with E-state index in [1.54, 1.807) is 12.1 Å². The van der Waals surface area contributed by atoms with Gasteiger partial charge in [0, 0.05) is 6.42 Å². The van der Waals surface area contributed by atoms with Crippen molar-refractivity contribution >= 4 is 21.9 Å². The summed E-state index contributed by atoms with van der Waals surface area (Å²) < 4.78 is 11.0. The number of nitrogens with zero attached hydrogens (tertiary/aromatic N) is 2. The second-order valence-corrected chi connectivity index (χ2v) is 3.78. The summed E-state index contributed by atoms with van der Waals surface area (Å²) in [6.07, 6.45) is 0.174. The molecule has 2 rings (SSSR count). The van der Waals surface area contributed by atoms with Crippen LogP contribution in [0.3, 0.4) is 0 Å². The molecule has 0 radical (unpaired) electrons. The lowest BCUT2D eigenvalue weighted by atomic mass is 10.3. The maximum atomic E-state index is 10.3. The second kappa shape index (κ2) is 4.48. The van der Waals surface area contributed by atoms with Crippen molar-refractivity contribution in [3.8, 4) is 11.7 Å². The van der Waals surface area contributed by atoms with Crippen LogP contribution in [-0.4, -0.2) is 21.3 Å². The topological polar surface area (TPSA) is 89.4 Å². The molecule has 0 atom stereocenters. The van der Waals surface area contributed by atoms with Gasteiger partial charge in [-0.05, 0) is 28.1 Å². The third-order valence-corrected chi connectivity index (χ3v) is 2.23. The molecule has 0 aliphatic carbocycles. The molecule has 0 spiro atoms. The van der Waals surface area contributed by atoms with Crippen molar-refractivity contribution in [1.82, 2.24) is 10.2 Å². The Morgan fingerprint density at radius 3 is 2.81 bits per heavy atom. The van der Waals surface area contributed by atoms with Crippen molar-refractivity contribution < 1.29 is 18.7 Å². The lowest BCUT2D eigenvalue weighted by Gasteiger charge is -1.89. The maximum absolute atomic E-state index is 10.3. The fraction of sp³-hybridized carbons (Fsp3) is 0.222. The average molecular weight is 287 g/mol. The third kappa shape index (κ3) is 2.48. The Kier molecular flexibility index (Phi) is 3.04. The molecule has 0 fully saturated rings. The zero-order valence-corrected chi connectivity index (χ0v) is 9.60. The van der Waals surface area contributed by atoms with Crippen LogP contribution in [0.4, 0.5) is 0 Å².